The van der Waals surface area contributed by atoms with Gasteiger partial charge in [0.2, 0.25) is 0 Å². The highest BCUT2D eigenvalue weighted by Crippen LogP contribution is 2.25. The zero-order chi connectivity index (χ0) is 11.9. The van der Waals surface area contributed by atoms with Gasteiger partial charge in [-0.05, 0) is 44.0 Å². The largest absolute Gasteiger partial charge is 0.497 e. The predicted octanol–water partition coefficient (Wildman–Crippen LogP) is 2.46. The SMILES string of the molecule is COc1cc(C)c2[nH]c(=O)c(C)c(C)c2c1. The van der Waals surface area contributed by atoms with E-state index >= 15 is 0 Å². The minimum atomic E-state index is -0.0155. The van der Waals surface area contributed by atoms with Crippen LogP contribution in [-0.4, -0.2) is 12.1 Å². The van der Waals surface area contributed by atoms with Crippen LogP contribution in [0.4, 0.5) is 0 Å². The molecule has 0 aliphatic carbocycles. The Hall–Kier alpha value is -1.77. The number of methoxy groups -OCH3 is 1. The van der Waals surface area contributed by atoms with E-state index < -0.39 is 0 Å². The number of rotatable bonds is 1. The van der Waals surface area contributed by atoms with Gasteiger partial charge in [-0.2, -0.15) is 0 Å². The number of benzene rings is 1. The zero-order valence-electron chi connectivity index (χ0n) is 9.97. The molecule has 2 aromatic rings. The molecule has 0 fully saturated rings. The number of fused-ring (bicyclic) bond motifs is 1. The maximum atomic E-state index is 11.7. The Morgan fingerprint density at radius 2 is 1.81 bits per heavy atom. The van der Waals surface area contributed by atoms with E-state index in [-0.39, 0.29) is 5.56 Å². The van der Waals surface area contributed by atoms with Gasteiger partial charge in [-0.15, -0.1) is 0 Å². The molecule has 3 heteroatoms. The van der Waals surface area contributed by atoms with Crippen LogP contribution in [0, 0.1) is 20.8 Å². The Bertz CT molecular complexity index is 611. The van der Waals surface area contributed by atoms with Gasteiger partial charge in [-0.3, -0.25) is 4.79 Å². The lowest BCUT2D eigenvalue weighted by Crippen LogP contribution is -2.12. The lowest BCUT2D eigenvalue weighted by atomic mass is 10.0. The van der Waals surface area contributed by atoms with Gasteiger partial charge in [0.1, 0.15) is 5.75 Å². The van der Waals surface area contributed by atoms with Crippen LogP contribution in [0.1, 0.15) is 16.7 Å². The van der Waals surface area contributed by atoms with Crippen LogP contribution >= 0.6 is 0 Å². The molecule has 0 aliphatic rings. The Morgan fingerprint density at radius 3 is 2.44 bits per heavy atom. The molecule has 0 radical (unpaired) electrons. The summed E-state index contributed by atoms with van der Waals surface area (Å²) in [6, 6.07) is 3.88. The third kappa shape index (κ3) is 1.48. The van der Waals surface area contributed by atoms with Gasteiger partial charge in [0.05, 0.1) is 12.6 Å². The van der Waals surface area contributed by atoms with Crippen molar-refractivity contribution in [2.24, 2.45) is 0 Å². The molecule has 0 saturated heterocycles. The topological polar surface area (TPSA) is 42.1 Å². The van der Waals surface area contributed by atoms with Gasteiger partial charge in [-0.1, -0.05) is 0 Å². The van der Waals surface area contributed by atoms with Crippen LogP contribution in [0.2, 0.25) is 0 Å². The Morgan fingerprint density at radius 1 is 1.12 bits per heavy atom. The summed E-state index contributed by atoms with van der Waals surface area (Å²) in [5.41, 5.74) is 3.68. The fourth-order valence-corrected chi connectivity index (χ4v) is 1.91. The summed E-state index contributed by atoms with van der Waals surface area (Å²) in [6.45, 7) is 5.77. The highest BCUT2D eigenvalue weighted by molar-refractivity contribution is 5.86. The van der Waals surface area contributed by atoms with Crippen molar-refractivity contribution in [3.05, 3.63) is 39.2 Å². The van der Waals surface area contributed by atoms with Gasteiger partial charge in [0, 0.05) is 10.9 Å². The molecular formula is C13H15NO2. The van der Waals surface area contributed by atoms with Gasteiger partial charge in [0.25, 0.3) is 5.56 Å². The van der Waals surface area contributed by atoms with Crippen molar-refractivity contribution in [2.45, 2.75) is 20.8 Å². The average Bonchev–Trinajstić information content (AvgIpc) is 2.27. The van der Waals surface area contributed by atoms with Crippen molar-refractivity contribution in [3.8, 4) is 5.75 Å². The van der Waals surface area contributed by atoms with Crippen LogP contribution in [0.15, 0.2) is 16.9 Å². The van der Waals surface area contributed by atoms with E-state index in [1.807, 2.05) is 32.9 Å². The summed E-state index contributed by atoms with van der Waals surface area (Å²) in [4.78, 5) is 14.6. The number of pyridine rings is 1. The van der Waals surface area contributed by atoms with Crippen LogP contribution in [0.25, 0.3) is 10.9 Å². The summed E-state index contributed by atoms with van der Waals surface area (Å²) in [6.07, 6.45) is 0. The molecule has 0 spiro atoms. The van der Waals surface area contributed by atoms with Gasteiger partial charge in [0.15, 0.2) is 0 Å². The highest BCUT2D eigenvalue weighted by atomic mass is 16.5. The standard InChI is InChI=1S/C13H15NO2/c1-7-5-10(16-4)6-11-8(2)9(3)13(15)14-12(7)11/h5-6H,1-4H3,(H,14,15). The second-order valence-electron chi connectivity index (χ2n) is 4.07. The van der Waals surface area contributed by atoms with Crippen LogP contribution in [0.5, 0.6) is 5.75 Å². The van der Waals surface area contributed by atoms with Gasteiger partial charge < -0.3 is 9.72 Å². The average molecular weight is 217 g/mol. The molecule has 2 rings (SSSR count). The molecule has 16 heavy (non-hydrogen) atoms. The maximum Gasteiger partial charge on any atom is 0.251 e. The monoisotopic (exact) mass is 217 g/mol. The summed E-state index contributed by atoms with van der Waals surface area (Å²) in [5, 5.41) is 1.05. The normalized spacial score (nSPS) is 10.8. The van der Waals surface area contributed by atoms with Crippen molar-refractivity contribution in [1.29, 1.82) is 0 Å². The first kappa shape index (κ1) is 10.7. The number of aromatic nitrogens is 1. The molecule has 1 heterocycles. The molecule has 0 unspecified atom stereocenters. The number of aryl methyl sites for hydroxylation is 2. The summed E-state index contributed by atoms with van der Waals surface area (Å²) in [7, 11) is 1.65. The number of aromatic amines is 1. The van der Waals surface area contributed by atoms with E-state index in [1.165, 1.54) is 0 Å². The maximum absolute atomic E-state index is 11.7. The van der Waals surface area contributed by atoms with Crippen molar-refractivity contribution >= 4 is 10.9 Å². The van der Waals surface area contributed by atoms with E-state index in [0.29, 0.717) is 0 Å². The van der Waals surface area contributed by atoms with E-state index in [1.54, 1.807) is 7.11 Å². The first-order chi connectivity index (χ1) is 7.54. The molecule has 0 amide bonds. The van der Waals surface area contributed by atoms with Crippen LogP contribution in [-0.2, 0) is 0 Å². The fourth-order valence-electron chi connectivity index (χ4n) is 1.91. The molecule has 0 bridgehead atoms. The van der Waals surface area contributed by atoms with Crippen molar-refractivity contribution in [2.75, 3.05) is 7.11 Å². The second-order valence-corrected chi connectivity index (χ2v) is 4.07. The molecule has 1 N–H and O–H groups in total. The first-order valence-electron chi connectivity index (χ1n) is 5.22. The van der Waals surface area contributed by atoms with Gasteiger partial charge in [-0.25, -0.2) is 0 Å². The second kappa shape index (κ2) is 3.67. The third-order valence-electron chi connectivity index (χ3n) is 3.09. The number of hydrogen-bond acceptors (Lipinski definition) is 2. The number of nitrogens with one attached hydrogen (secondary N) is 1. The lowest BCUT2D eigenvalue weighted by molar-refractivity contribution is 0.415. The molecule has 1 aromatic carbocycles. The highest BCUT2D eigenvalue weighted by Gasteiger charge is 2.08. The summed E-state index contributed by atoms with van der Waals surface area (Å²) in [5.74, 6) is 0.819. The predicted molar refractivity (Wildman–Crippen MR) is 65.3 cm³/mol. The summed E-state index contributed by atoms with van der Waals surface area (Å²) < 4.78 is 5.24. The molecule has 0 atom stereocenters. The molecule has 3 nitrogen and oxygen atoms in total. The molecule has 0 aliphatic heterocycles. The number of ether oxygens (including phenoxy) is 1. The van der Waals surface area contributed by atoms with Crippen LogP contribution in [0.3, 0.4) is 0 Å². The van der Waals surface area contributed by atoms with Crippen molar-refractivity contribution in [3.63, 3.8) is 0 Å². The van der Waals surface area contributed by atoms with Gasteiger partial charge >= 0.3 is 0 Å². The number of hydrogen-bond donors (Lipinski definition) is 1. The van der Waals surface area contributed by atoms with Crippen LogP contribution < -0.4 is 10.3 Å². The van der Waals surface area contributed by atoms with E-state index in [2.05, 4.69) is 4.98 Å². The smallest absolute Gasteiger partial charge is 0.251 e. The Balaban J connectivity index is 2.96. The quantitative estimate of drug-likeness (QED) is 0.797. The van der Waals surface area contributed by atoms with Crippen molar-refractivity contribution < 1.29 is 4.74 Å². The molecule has 1 aromatic heterocycles. The Labute approximate surface area is 94.1 Å². The number of H-pyrrole nitrogens is 1. The first-order valence-corrected chi connectivity index (χ1v) is 5.22. The Kier molecular flexibility index (Phi) is 2.46. The van der Waals surface area contributed by atoms with E-state index in [0.717, 1.165) is 33.3 Å². The molecular weight excluding hydrogens is 202 g/mol. The molecule has 0 saturated carbocycles. The van der Waals surface area contributed by atoms with E-state index in [4.69, 9.17) is 4.74 Å². The summed E-state index contributed by atoms with van der Waals surface area (Å²) >= 11 is 0. The minimum Gasteiger partial charge on any atom is -0.497 e. The van der Waals surface area contributed by atoms with E-state index in [9.17, 15) is 4.79 Å². The third-order valence-corrected chi connectivity index (χ3v) is 3.09. The lowest BCUT2D eigenvalue weighted by Gasteiger charge is -2.10. The minimum absolute atomic E-state index is 0.0155. The molecule has 84 valence electrons. The van der Waals surface area contributed by atoms with Crippen molar-refractivity contribution in [1.82, 2.24) is 4.98 Å². The fraction of sp³-hybridized carbons (Fsp3) is 0.308. The zero-order valence-corrected chi connectivity index (χ0v) is 9.97.